The lowest BCUT2D eigenvalue weighted by molar-refractivity contribution is 0.0690. The number of benzene rings is 1. The molecule has 3 aromatic rings. The van der Waals surface area contributed by atoms with Crippen LogP contribution in [-0.2, 0) is 6.61 Å². The molecule has 1 aliphatic rings. The van der Waals surface area contributed by atoms with Crippen LogP contribution >= 0.6 is 0 Å². The van der Waals surface area contributed by atoms with Gasteiger partial charge in [0, 0.05) is 12.1 Å². The number of hydrazine groups is 1. The molecule has 0 spiro atoms. The van der Waals surface area contributed by atoms with Gasteiger partial charge in [-0.1, -0.05) is 18.2 Å². The average Bonchev–Trinajstić information content (AvgIpc) is 3.28. The van der Waals surface area contributed by atoms with Gasteiger partial charge in [-0.05, 0) is 30.2 Å². The quantitative estimate of drug-likeness (QED) is 0.601. The Labute approximate surface area is 161 Å². The molecule has 4 rings (SSSR count). The van der Waals surface area contributed by atoms with Crippen LogP contribution in [0.1, 0.15) is 34.2 Å². The highest BCUT2D eigenvalue weighted by Crippen LogP contribution is 2.21. The minimum Gasteiger partial charge on any atom is -0.487 e. The first-order valence-electron chi connectivity index (χ1n) is 8.91. The Morgan fingerprint density at radius 2 is 2.07 bits per heavy atom. The topological polar surface area (TPSA) is 109 Å². The lowest BCUT2D eigenvalue weighted by atomic mass is 10.1. The molecule has 0 radical (unpaired) electrons. The molecule has 0 saturated carbocycles. The Hall–Kier alpha value is -3.36. The van der Waals surface area contributed by atoms with Gasteiger partial charge in [0.1, 0.15) is 12.4 Å². The number of rotatable bonds is 6. The van der Waals surface area contributed by atoms with Crippen molar-refractivity contribution in [3.05, 3.63) is 71.9 Å². The molecule has 1 fully saturated rings. The number of aromatic carboxylic acids is 1. The van der Waals surface area contributed by atoms with Crippen molar-refractivity contribution in [1.29, 1.82) is 0 Å². The molecule has 0 bridgehead atoms. The zero-order valence-corrected chi connectivity index (χ0v) is 15.0. The van der Waals surface area contributed by atoms with Crippen LogP contribution in [0.2, 0.25) is 0 Å². The molecule has 8 heteroatoms. The standard InChI is InChI=1S/C20H19N5O3/c26-20(27)19-11-22-18(10-23-19)14-3-1-2-13(8-14)12-28-15-4-5-16(21-9-15)17-6-7-24-25-17/h1-5,8-11,17,24-25H,6-7,12H2,(H,26,27). The summed E-state index contributed by atoms with van der Waals surface area (Å²) in [5.41, 5.74) is 9.61. The summed E-state index contributed by atoms with van der Waals surface area (Å²) in [5.74, 6) is -0.397. The van der Waals surface area contributed by atoms with Crippen LogP contribution in [0.25, 0.3) is 11.3 Å². The second-order valence-electron chi connectivity index (χ2n) is 6.41. The first-order chi connectivity index (χ1) is 13.7. The molecular weight excluding hydrogens is 358 g/mol. The number of hydrogen-bond donors (Lipinski definition) is 3. The van der Waals surface area contributed by atoms with Gasteiger partial charge in [-0.3, -0.25) is 15.4 Å². The molecule has 142 valence electrons. The molecule has 1 unspecified atom stereocenters. The van der Waals surface area contributed by atoms with Gasteiger partial charge in [0.15, 0.2) is 5.69 Å². The van der Waals surface area contributed by atoms with Crippen molar-refractivity contribution < 1.29 is 14.6 Å². The molecular formula is C20H19N5O3. The predicted molar refractivity (Wildman–Crippen MR) is 101 cm³/mol. The van der Waals surface area contributed by atoms with Crippen LogP contribution in [0.3, 0.4) is 0 Å². The van der Waals surface area contributed by atoms with Crippen molar-refractivity contribution in [3.63, 3.8) is 0 Å². The van der Waals surface area contributed by atoms with Gasteiger partial charge in [-0.2, -0.15) is 0 Å². The van der Waals surface area contributed by atoms with Gasteiger partial charge in [-0.15, -0.1) is 0 Å². The van der Waals surface area contributed by atoms with E-state index in [1.165, 1.54) is 12.4 Å². The molecule has 2 aromatic heterocycles. The Kier molecular flexibility index (Phi) is 5.22. The van der Waals surface area contributed by atoms with Crippen LogP contribution in [0.15, 0.2) is 55.0 Å². The maximum atomic E-state index is 10.9. The minimum atomic E-state index is -1.10. The number of ether oxygens (including phenoxy) is 1. The highest BCUT2D eigenvalue weighted by molar-refractivity contribution is 5.85. The lowest BCUT2D eigenvalue weighted by Crippen LogP contribution is -2.25. The third-order valence-electron chi connectivity index (χ3n) is 4.45. The van der Waals surface area contributed by atoms with Gasteiger partial charge in [-0.25, -0.2) is 15.2 Å². The maximum absolute atomic E-state index is 10.9. The molecule has 0 amide bonds. The van der Waals surface area contributed by atoms with Crippen molar-refractivity contribution in [2.24, 2.45) is 0 Å². The minimum absolute atomic E-state index is 0.0808. The van der Waals surface area contributed by atoms with Crippen LogP contribution in [0, 0.1) is 0 Å². The Morgan fingerprint density at radius 1 is 1.14 bits per heavy atom. The van der Waals surface area contributed by atoms with Crippen molar-refractivity contribution in [3.8, 4) is 17.0 Å². The first-order valence-corrected chi connectivity index (χ1v) is 8.91. The van der Waals surface area contributed by atoms with Crippen molar-refractivity contribution in [2.75, 3.05) is 6.54 Å². The van der Waals surface area contributed by atoms with Crippen LogP contribution < -0.4 is 15.6 Å². The third kappa shape index (κ3) is 4.13. The summed E-state index contributed by atoms with van der Waals surface area (Å²) in [4.78, 5) is 23.4. The van der Waals surface area contributed by atoms with E-state index in [1.807, 2.05) is 36.4 Å². The molecule has 28 heavy (non-hydrogen) atoms. The number of hydrogen-bond acceptors (Lipinski definition) is 7. The summed E-state index contributed by atoms with van der Waals surface area (Å²) in [6, 6.07) is 11.8. The number of carboxylic acid groups (broad SMARTS) is 1. The molecule has 1 atom stereocenters. The summed E-state index contributed by atoms with van der Waals surface area (Å²) in [6.07, 6.45) is 5.45. The van der Waals surface area contributed by atoms with Gasteiger partial charge in [0.25, 0.3) is 0 Å². The molecule has 3 heterocycles. The molecule has 8 nitrogen and oxygen atoms in total. The first kappa shape index (κ1) is 18.0. The Balaban J connectivity index is 1.41. The maximum Gasteiger partial charge on any atom is 0.356 e. The van der Waals surface area contributed by atoms with E-state index in [9.17, 15) is 4.79 Å². The average molecular weight is 377 g/mol. The van der Waals surface area contributed by atoms with Crippen molar-refractivity contribution in [2.45, 2.75) is 19.1 Å². The van der Waals surface area contributed by atoms with Gasteiger partial charge in [0.05, 0.1) is 36.0 Å². The van der Waals surface area contributed by atoms with Gasteiger partial charge < -0.3 is 9.84 Å². The number of nitrogens with zero attached hydrogens (tertiary/aromatic N) is 3. The van der Waals surface area contributed by atoms with E-state index in [1.54, 1.807) is 6.20 Å². The SMILES string of the molecule is O=C(O)c1cnc(-c2cccc(COc3ccc(C4CCNN4)nc3)c2)cn1. The second kappa shape index (κ2) is 8.12. The highest BCUT2D eigenvalue weighted by atomic mass is 16.5. The molecule has 1 aliphatic heterocycles. The Morgan fingerprint density at radius 3 is 2.75 bits per heavy atom. The number of aromatic nitrogens is 3. The zero-order valence-electron chi connectivity index (χ0n) is 15.0. The fourth-order valence-corrected chi connectivity index (χ4v) is 2.96. The summed E-state index contributed by atoms with van der Waals surface area (Å²) in [6.45, 7) is 1.32. The fraction of sp³-hybridized carbons (Fsp3) is 0.200. The zero-order chi connectivity index (χ0) is 19.3. The van der Waals surface area contributed by atoms with Crippen LogP contribution in [0.5, 0.6) is 5.75 Å². The summed E-state index contributed by atoms with van der Waals surface area (Å²) in [5, 5.41) is 8.92. The molecule has 1 saturated heterocycles. The monoisotopic (exact) mass is 377 g/mol. The second-order valence-corrected chi connectivity index (χ2v) is 6.41. The van der Waals surface area contributed by atoms with E-state index in [0.29, 0.717) is 18.1 Å². The van der Waals surface area contributed by atoms with E-state index < -0.39 is 5.97 Å². The van der Waals surface area contributed by atoms with E-state index >= 15 is 0 Å². The number of pyridine rings is 1. The van der Waals surface area contributed by atoms with Crippen molar-refractivity contribution >= 4 is 5.97 Å². The summed E-state index contributed by atoms with van der Waals surface area (Å²) in [7, 11) is 0. The van der Waals surface area contributed by atoms with E-state index in [-0.39, 0.29) is 11.7 Å². The van der Waals surface area contributed by atoms with Crippen LogP contribution in [-0.4, -0.2) is 32.6 Å². The predicted octanol–water partition coefficient (Wildman–Crippen LogP) is 2.35. The number of carboxylic acids is 1. The van der Waals surface area contributed by atoms with E-state index in [2.05, 4.69) is 25.8 Å². The normalized spacial score (nSPS) is 16.1. The Bertz CT molecular complexity index is 954. The van der Waals surface area contributed by atoms with E-state index in [0.717, 1.165) is 29.8 Å². The van der Waals surface area contributed by atoms with Gasteiger partial charge >= 0.3 is 5.97 Å². The largest absolute Gasteiger partial charge is 0.487 e. The highest BCUT2D eigenvalue weighted by Gasteiger charge is 2.16. The van der Waals surface area contributed by atoms with Crippen LogP contribution in [0.4, 0.5) is 0 Å². The van der Waals surface area contributed by atoms with Crippen molar-refractivity contribution in [1.82, 2.24) is 25.8 Å². The number of nitrogens with one attached hydrogen (secondary N) is 2. The third-order valence-corrected chi connectivity index (χ3v) is 4.45. The number of carbonyl (C=O) groups is 1. The summed E-state index contributed by atoms with van der Waals surface area (Å²) >= 11 is 0. The van der Waals surface area contributed by atoms with Gasteiger partial charge in [0.2, 0.25) is 0 Å². The smallest absolute Gasteiger partial charge is 0.356 e. The van der Waals surface area contributed by atoms with E-state index in [4.69, 9.17) is 9.84 Å². The fourth-order valence-electron chi connectivity index (χ4n) is 2.96. The lowest BCUT2D eigenvalue weighted by Gasteiger charge is -2.11. The molecule has 1 aromatic carbocycles. The molecule has 0 aliphatic carbocycles. The summed E-state index contributed by atoms with van der Waals surface area (Å²) < 4.78 is 5.84. The molecule has 3 N–H and O–H groups in total.